The molecule has 0 bridgehead atoms. The van der Waals surface area contributed by atoms with Crippen molar-refractivity contribution in [1.82, 2.24) is 25.4 Å². The van der Waals surface area contributed by atoms with E-state index in [9.17, 15) is 0 Å². The Kier molecular flexibility index (Phi) is 9.49. The highest BCUT2D eigenvalue weighted by molar-refractivity contribution is 14.0. The molecule has 8 nitrogen and oxygen atoms in total. The van der Waals surface area contributed by atoms with Crippen molar-refractivity contribution in [2.45, 2.75) is 45.5 Å². The molecule has 2 heterocycles. The van der Waals surface area contributed by atoms with Gasteiger partial charge in [-0.05, 0) is 43.2 Å². The lowest BCUT2D eigenvalue weighted by Crippen LogP contribution is -2.47. The maximum atomic E-state index is 5.86. The third-order valence-corrected chi connectivity index (χ3v) is 5.18. The molecule has 176 valence electrons. The van der Waals surface area contributed by atoms with Gasteiger partial charge in [-0.15, -0.1) is 24.0 Å². The molecule has 1 aromatic heterocycles. The Labute approximate surface area is 211 Å². The summed E-state index contributed by atoms with van der Waals surface area (Å²) in [4.78, 5) is 9.31. The molecule has 0 spiro atoms. The van der Waals surface area contributed by atoms with Gasteiger partial charge in [-0.2, -0.15) is 5.10 Å². The summed E-state index contributed by atoms with van der Waals surface area (Å²) in [5.74, 6) is 4.21. The van der Waals surface area contributed by atoms with E-state index in [0.717, 1.165) is 60.6 Å². The number of para-hydroxylation sites is 1. The van der Waals surface area contributed by atoms with E-state index >= 15 is 0 Å². The van der Waals surface area contributed by atoms with Crippen LogP contribution in [0.5, 0.6) is 11.5 Å². The molecule has 1 atom stereocenters. The molecule has 33 heavy (non-hydrogen) atoms. The predicted octanol–water partition coefficient (Wildman–Crippen LogP) is 3.90. The second kappa shape index (κ2) is 12.5. The maximum Gasteiger partial charge on any atom is 0.191 e. The molecule has 3 aromatic rings. The number of methoxy groups -OCH3 is 1. The number of aliphatic imine (C=N–C) groups is 1. The number of nitrogens with zero attached hydrogens (tertiary/aromatic N) is 4. The Morgan fingerprint density at radius 3 is 2.61 bits per heavy atom. The number of benzene rings is 2. The summed E-state index contributed by atoms with van der Waals surface area (Å²) >= 11 is 0. The minimum Gasteiger partial charge on any atom is -0.457 e. The van der Waals surface area contributed by atoms with E-state index in [1.54, 1.807) is 7.11 Å². The molecule has 4 rings (SSSR count). The van der Waals surface area contributed by atoms with Crippen molar-refractivity contribution in [2.24, 2.45) is 4.99 Å². The Balaban J connectivity index is 0.00000306. The largest absolute Gasteiger partial charge is 0.457 e. The third kappa shape index (κ3) is 7.16. The van der Waals surface area contributed by atoms with Crippen molar-refractivity contribution >= 4 is 29.9 Å². The van der Waals surface area contributed by atoms with Crippen molar-refractivity contribution in [3.8, 4) is 11.5 Å². The number of fused-ring (bicyclic) bond motifs is 1. The Morgan fingerprint density at radius 2 is 1.88 bits per heavy atom. The van der Waals surface area contributed by atoms with Crippen LogP contribution in [0.2, 0.25) is 0 Å². The first-order valence-electron chi connectivity index (χ1n) is 11.0. The number of hydrogen-bond donors (Lipinski definition) is 2. The average molecular weight is 562 g/mol. The first kappa shape index (κ1) is 25.0. The van der Waals surface area contributed by atoms with Gasteiger partial charge in [-0.3, -0.25) is 0 Å². The van der Waals surface area contributed by atoms with E-state index in [1.807, 2.05) is 59.3 Å². The third-order valence-electron chi connectivity index (χ3n) is 5.18. The van der Waals surface area contributed by atoms with E-state index < -0.39 is 0 Å². The molecule has 0 saturated heterocycles. The first-order chi connectivity index (χ1) is 15.7. The summed E-state index contributed by atoms with van der Waals surface area (Å²) in [6, 6.07) is 18.1. The summed E-state index contributed by atoms with van der Waals surface area (Å²) < 4.78 is 13.0. The van der Waals surface area contributed by atoms with Gasteiger partial charge in [0.25, 0.3) is 0 Å². The molecule has 0 saturated carbocycles. The van der Waals surface area contributed by atoms with Gasteiger partial charge < -0.3 is 20.1 Å². The summed E-state index contributed by atoms with van der Waals surface area (Å²) in [7, 11) is 1.66. The fourth-order valence-electron chi connectivity index (χ4n) is 3.64. The Morgan fingerprint density at radius 1 is 1.12 bits per heavy atom. The van der Waals surface area contributed by atoms with Gasteiger partial charge in [0.15, 0.2) is 11.8 Å². The topological polar surface area (TPSA) is 85.6 Å². The van der Waals surface area contributed by atoms with Crippen LogP contribution in [-0.2, 0) is 30.9 Å². The molecule has 2 N–H and O–H groups in total. The maximum absolute atomic E-state index is 5.86. The van der Waals surface area contributed by atoms with E-state index in [2.05, 4.69) is 27.6 Å². The molecular weight excluding hydrogens is 531 g/mol. The van der Waals surface area contributed by atoms with Crippen molar-refractivity contribution < 1.29 is 9.47 Å². The second-order valence-corrected chi connectivity index (χ2v) is 7.69. The van der Waals surface area contributed by atoms with Crippen LogP contribution in [0.3, 0.4) is 0 Å². The standard InChI is InChI=1S/C24H30N6O2.HI/c1-3-25-24(27-19-11-14-23-28-22(17-31-2)29-30(23)16-19)26-15-18-9-12-21(13-10-18)32-20-7-5-4-6-8-20;/h4-10,12-13,19H,3,11,14-17H2,1-2H3,(H2,25,26,27);1H. The highest BCUT2D eigenvalue weighted by atomic mass is 127. The minimum atomic E-state index is 0. The molecule has 0 fully saturated rings. The number of halogens is 1. The van der Waals surface area contributed by atoms with E-state index in [-0.39, 0.29) is 30.0 Å². The molecule has 1 unspecified atom stereocenters. The lowest BCUT2D eigenvalue weighted by Gasteiger charge is -2.25. The van der Waals surface area contributed by atoms with Crippen LogP contribution in [0.4, 0.5) is 0 Å². The zero-order valence-corrected chi connectivity index (χ0v) is 21.4. The number of ether oxygens (including phenoxy) is 2. The summed E-state index contributed by atoms with van der Waals surface area (Å²) in [6.45, 7) is 4.66. The molecular formula is C24H31IN6O2. The Hall–Kier alpha value is -2.66. The number of aryl methyl sites for hydroxylation is 1. The van der Waals surface area contributed by atoms with Crippen LogP contribution in [0.25, 0.3) is 0 Å². The van der Waals surface area contributed by atoms with Crippen LogP contribution < -0.4 is 15.4 Å². The average Bonchev–Trinajstić information content (AvgIpc) is 3.21. The van der Waals surface area contributed by atoms with E-state index in [1.165, 1.54) is 0 Å². The Bertz CT molecular complexity index is 1020. The zero-order valence-electron chi connectivity index (χ0n) is 19.0. The smallest absolute Gasteiger partial charge is 0.191 e. The molecule has 1 aliphatic rings. The second-order valence-electron chi connectivity index (χ2n) is 7.69. The molecule has 9 heteroatoms. The van der Waals surface area contributed by atoms with Crippen molar-refractivity contribution in [2.75, 3.05) is 13.7 Å². The summed E-state index contributed by atoms with van der Waals surface area (Å²) in [6.07, 6.45) is 1.87. The highest BCUT2D eigenvalue weighted by Gasteiger charge is 2.22. The van der Waals surface area contributed by atoms with E-state index in [4.69, 9.17) is 14.5 Å². The molecule has 2 aromatic carbocycles. The SMILES string of the molecule is CCNC(=NCc1ccc(Oc2ccccc2)cc1)NC1CCc2nc(COC)nn2C1.I. The number of rotatable bonds is 8. The lowest BCUT2D eigenvalue weighted by atomic mass is 10.1. The summed E-state index contributed by atoms with van der Waals surface area (Å²) in [5, 5.41) is 11.4. The van der Waals surface area contributed by atoms with Gasteiger partial charge >= 0.3 is 0 Å². The van der Waals surface area contributed by atoms with Gasteiger partial charge in [0.2, 0.25) is 0 Å². The number of aromatic nitrogens is 3. The monoisotopic (exact) mass is 562 g/mol. The normalized spacial score (nSPS) is 15.3. The van der Waals surface area contributed by atoms with Crippen LogP contribution >= 0.6 is 24.0 Å². The molecule has 0 amide bonds. The van der Waals surface area contributed by atoms with Gasteiger partial charge in [-0.1, -0.05) is 30.3 Å². The minimum absolute atomic E-state index is 0. The number of hydrogen-bond acceptors (Lipinski definition) is 5. The zero-order chi connectivity index (χ0) is 22.2. The molecule has 1 aliphatic heterocycles. The van der Waals surface area contributed by atoms with Gasteiger partial charge in [0, 0.05) is 26.1 Å². The summed E-state index contributed by atoms with van der Waals surface area (Å²) in [5.41, 5.74) is 1.12. The van der Waals surface area contributed by atoms with Gasteiger partial charge in [-0.25, -0.2) is 14.7 Å². The van der Waals surface area contributed by atoms with Crippen molar-refractivity contribution in [3.05, 3.63) is 71.8 Å². The van der Waals surface area contributed by atoms with Crippen LogP contribution in [0, 0.1) is 0 Å². The van der Waals surface area contributed by atoms with Crippen molar-refractivity contribution in [3.63, 3.8) is 0 Å². The quantitative estimate of drug-likeness (QED) is 0.246. The molecule has 0 aliphatic carbocycles. The van der Waals surface area contributed by atoms with Crippen LogP contribution in [-0.4, -0.2) is 40.4 Å². The highest BCUT2D eigenvalue weighted by Crippen LogP contribution is 2.21. The van der Waals surface area contributed by atoms with Crippen LogP contribution in [0.1, 0.15) is 30.6 Å². The van der Waals surface area contributed by atoms with Gasteiger partial charge in [0.05, 0.1) is 13.1 Å². The predicted molar refractivity (Wildman–Crippen MR) is 139 cm³/mol. The van der Waals surface area contributed by atoms with E-state index in [0.29, 0.717) is 13.2 Å². The number of nitrogens with one attached hydrogen (secondary N) is 2. The van der Waals surface area contributed by atoms with Gasteiger partial charge in [0.1, 0.15) is 23.9 Å². The fraction of sp³-hybridized carbons (Fsp3) is 0.375. The number of guanidine groups is 1. The first-order valence-corrected chi connectivity index (χ1v) is 11.0. The van der Waals surface area contributed by atoms with Crippen LogP contribution in [0.15, 0.2) is 59.6 Å². The van der Waals surface area contributed by atoms with Crippen molar-refractivity contribution in [1.29, 1.82) is 0 Å². The fourth-order valence-corrected chi connectivity index (χ4v) is 3.64. The molecule has 0 radical (unpaired) electrons. The lowest BCUT2D eigenvalue weighted by molar-refractivity contribution is 0.177.